The molecule has 1 aromatic heterocycles. The normalized spacial score (nSPS) is 10.2. The van der Waals surface area contributed by atoms with Gasteiger partial charge < -0.3 is 24.8 Å². The quantitative estimate of drug-likeness (QED) is 0.530. The number of esters is 1. The molecule has 0 saturated heterocycles. The van der Waals surface area contributed by atoms with Crippen LogP contribution in [-0.2, 0) is 9.53 Å². The largest absolute Gasteiger partial charge is 0.484 e. The molecule has 160 valence electrons. The third kappa shape index (κ3) is 5.96. The molecule has 0 atom stereocenters. The number of nitrogens with zero attached hydrogens (tertiary/aromatic N) is 1. The number of hydrogen-bond donors (Lipinski definition) is 2. The molecular formula is C23H23N3O5. The number of pyridine rings is 1. The van der Waals surface area contributed by atoms with Gasteiger partial charge in [-0.2, -0.15) is 4.98 Å². The number of aromatic nitrogens is 1. The van der Waals surface area contributed by atoms with E-state index in [-0.39, 0.29) is 12.5 Å². The molecule has 0 aliphatic heterocycles. The number of aryl methyl sites for hydroxylation is 1. The molecule has 8 heteroatoms. The minimum Gasteiger partial charge on any atom is -0.484 e. The van der Waals surface area contributed by atoms with Crippen molar-refractivity contribution in [2.75, 3.05) is 31.4 Å². The minimum atomic E-state index is -0.479. The maximum absolute atomic E-state index is 12.3. The van der Waals surface area contributed by atoms with E-state index in [4.69, 9.17) is 9.47 Å². The first-order valence-corrected chi connectivity index (χ1v) is 9.53. The summed E-state index contributed by atoms with van der Waals surface area (Å²) < 4.78 is 15.9. The van der Waals surface area contributed by atoms with Crippen molar-refractivity contribution < 1.29 is 23.8 Å². The average Bonchev–Trinajstić information content (AvgIpc) is 2.79. The van der Waals surface area contributed by atoms with Crippen molar-refractivity contribution in [2.45, 2.75) is 6.92 Å². The zero-order valence-electron chi connectivity index (χ0n) is 17.5. The number of hydrogen-bond acceptors (Lipinski definition) is 7. The first-order valence-electron chi connectivity index (χ1n) is 9.53. The SMILES string of the molecule is CNc1nc(Oc2ccc(C)cc2)ccc1NC(=O)COc1cccc(C(=O)OC)c1. The van der Waals surface area contributed by atoms with Gasteiger partial charge in [0.25, 0.3) is 5.91 Å². The molecule has 2 aromatic carbocycles. The summed E-state index contributed by atoms with van der Waals surface area (Å²) in [7, 11) is 3.00. The summed E-state index contributed by atoms with van der Waals surface area (Å²) in [5.74, 6) is 1.03. The van der Waals surface area contributed by atoms with Gasteiger partial charge in [-0.05, 0) is 43.3 Å². The van der Waals surface area contributed by atoms with Crippen molar-refractivity contribution in [3.05, 3.63) is 71.8 Å². The molecule has 0 bridgehead atoms. The lowest BCUT2D eigenvalue weighted by Crippen LogP contribution is -2.21. The summed E-state index contributed by atoms with van der Waals surface area (Å²) in [6.45, 7) is 1.76. The Labute approximate surface area is 180 Å². The van der Waals surface area contributed by atoms with E-state index in [1.165, 1.54) is 13.2 Å². The van der Waals surface area contributed by atoms with Crippen molar-refractivity contribution >= 4 is 23.4 Å². The van der Waals surface area contributed by atoms with Crippen molar-refractivity contribution in [1.29, 1.82) is 0 Å². The Hall–Kier alpha value is -4.07. The number of ether oxygens (including phenoxy) is 3. The van der Waals surface area contributed by atoms with Gasteiger partial charge in [0.1, 0.15) is 11.5 Å². The number of methoxy groups -OCH3 is 1. The van der Waals surface area contributed by atoms with Crippen LogP contribution in [0.5, 0.6) is 17.4 Å². The summed E-state index contributed by atoms with van der Waals surface area (Å²) in [5.41, 5.74) is 1.95. The molecule has 31 heavy (non-hydrogen) atoms. The summed E-state index contributed by atoms with van der Waals surface area (Å²) in [6.07, 6.45) is 0. The Morgan fingerprint density at radius 2 is 1.77 bits per heavy atom. The van der Waals surface area contributed by atoms with Crippen LogP contribution in [0.2, 0.25) is 0 Å². The van der Waals surface area contributed by atoms with Crippen LogP contribution in [0, 0.1) is 6.92 Å². The number of amides is 1. The maximum atomic E-state index is 12.3. The van der Waals surface area contributed by atoms with Crippen molar-refractivity contribution in [1.82, 2.24) is 4.98 Å². The molecule has 1 amide bonds. The van der Waals surface area contributed by atoms with E-state index in [0.717, 1.165) is 5.56 Å². The van der Waals surface area contributed by atoms with Crippen LogP contribution in [0.1, 0.15) is 15.9 Å². The first-order chi connectivity index (χ1) is 15.0. The predicted octanol–water partition coefficient (Wildman–Crippen LogP) is 4.03. The van der Waals surface area contributed by atoms with Crippen LogP contribution in [0.25, 0.3) is 0 Å². The number of benzene rings is 2. The van der Waals surface area contributed by atoms with Gasteiger partial charge in [0.15, 0.2) is 12.4 Å². The van der Waals surface area contributed by atoms with E-state index in [9.17, 15) is 9.59 Å². The van der Waals surface area contributed by atoms with E-state index in [1.54, 1.807) is 37.4 Å². The van der Waals surface area contributed by atoms with Gasteiger partial charge in [-0.15, -0.1) is 0 Å². The number of carbonyl (C=O) groups excluding carboxylic acids is 2. The van der Waals surface area contributed by atoms with Crippen LogP contribution in [0.15, 0.2) is 60.7 Å². The van der Waals surface area contributed by atoms with Gasteiger partial charge in [-0.25, -0.2) is 4.79 Å². The molecule has 0 aliphatic carbocycles. The van der Waals surface area contributed by atoms with E-state index in [2.05, 4.69) is 20.4 Å². The highest BCUT2D eigenvalue weighted by molar-refractivity contribution is 5.94. The third-order valence-electron chi connectivity index (χ3n) is 4.25. The molecule has 3 aromatic rings. The molecule has 1 heterocycles. The van der Waals surface area contributed by atoms with Gasteiger partial charge in [-0.1, -0.05) is 23.8 Å². The monoisotopic (exact) mass is 421 g/mol. The molecule has 2 N–H and O–H groups in total. The summed E-state index contributed by atoms with van der Waals surface area (Å²) in [5, 5.41) is 5.68. The molecule has 0 spiro atoms. The standard InChI is InChI=1S/C23H23N3O5/c1-15-7-9-17(10-8-15)31-21-12-11-19(22(24-2)26-21)25-20(27)14-30-18-6-4-5-16(13-18)23(28)29-3/h4-13H,14H2,1-3H3,(H,24,26)(H,25,27). The van der Waals surface area contributed by atoms with E-state index < -0.39 is 5.97 Å². The maximum Gasteiger partial charge on any atom is 0.337 e. The highest BCUT2D eigenvalue weighted by atomic mass is 16.5. The fraction of sp³-hybridized carbons (Fsp3) is 0.174. The molecule has 0 radical (unpaired) electrons. The predicted molar refractivity (Wildman–Crippen MR) is 117 cm³/mol. The van der Waals surface area contributed by atoms with Crippen LogP contribution in [0.3, 0.4) is 0 Å². The van der Waals surface area contributed by atoms with E-state index in [0.29, 0.717) is 34.4 Å². The van der Waals surface area contributed by atoms with E-state index in [1.807, 2.05) is 31.2 Å². The Morgan fingerprint density at radius 1 is 1.00 bits per heavy atom. The summed E-state index contributed by atoms with van der Waals surface area (Å²) >= 11 is 0. The van der Waals surface area contributed by atoms with Crippen LogP contribution < -0.4 is 20.1 Å². The molecule has 0 aliphatic rings. The van der Waals surface area contributed by atoms with Crippen LogP contribution in [0.4, 0.5) is 11.5 Å². The topological polar surface area (TPSA) is 98.8 Å². The van der Waals surface area contributed by atoms with Crippen molar-refractivity contribution in [3.63, 3.8) is 0 Å². The zero-order valence-corrected chi connectivity index (χ0v) is 17.5. The van der Waals surface area contributed by atoms with E-state index >= 15 is 0 Å². The van der Waals surface area contributed by atoms with Gasteiger partial charge in [0, 0.05) is 13.1 Å². The Bertz CT molecular complexity index is 1070. The second-order valence-electron chi connectivity index (χ2n) is 6.57. The highest BCUT2D eigenvalue weighted by Crippen LogP contribution is 2.26. The first kappa shape index (κ1) is 21.6. The molecule has 0 saturated carbocycles. The Kier molecular flexibility index (Phi) is 7.05. The second kappa shape index (κ2) is 10.1. The smallest absolute Gasteiger partial charge is 0.337 e. The number of rotatable bonds is 8. The number of nitrogens with one attached hydrogen (secondary N) is 2. The minimum absolute atomic E-state index is 0.241. The lowest BCUT2D eigenvalue weighted by atomic mass is 10.2. The molecule has 3 rings (SSSR count). The third-order valence-corrected chi connectivity index (χ3v) is 4.25. The zero-order chi connectivity index (χ0) is 22.2. The Morgan fingerprint density at radius 3 is 2.48 bits per heavy atom. The van der Waals surface area contributed by atoms with Gasteiger partial charge >= 0.3 is 5.97 Å². The molecular weight excluding hydrogens is 398 g/mol. The van der Waals surface area contributed by atoms with Gasteiger partial charge in [-0.3, -0.25) is 4.79 Å². The van der Waals surface area contributed by atoms with Gasteiger partial charge in [0.05, 0.1) is 18.4 Å². The summed E-state index contributed by atoms with van der Waals surface area (Å²) in [6, 6.07) is 17.4. The number of carbonyl (C=O) groups is 2. The lowest BCUT2D eigenvalue weighted by molar-refractivity contribution is -0.118. The number of anilines is 2. The lowest BCUT2D eigenvalue weighted by Gasteiger charge is -2.13. The second-order valence-corrected chi connectivity index (χ2v) is 6.57. The van der Waals surface area contributed by atoms with Crippen molar-refractivity contribution in [2.24, 2.45) is 0 Å². The van der Waals surface area contributed by atoms with Gasteiger partial charge in [0.2, 0.25) is 5.88 Å². The highest BCUT2D eigenvalue weighted by Gasteiger charge is 2.12. The van der Waals surface area contributed by atoms with Crippen LogP contribution >= 0.6 is 0 Å². The fourth-order valence-electron chi connectivity index (χ4n) is 2.68. The fourth-order valence-corrected chi connectivity index (χ4v) is 2.68. The van der Waals surface area contributed by atoms with Crippen LogP contribution in [-0.4, -0.2) is 37.6 Å². The molecule has 0 fully saturated rings. The molecule has 0 unspecified atom stereocenters. The average molecular weight is 421 g/mol. The van der Waals surface area contributed by atoms with Crippen molar-refractivity contribution in [3.8, 4) is 17.4 Å². The molecule has 8 nitrogen and oxygen atoms in total. The summed E-state index contributed by atoms with van der Waals surface area (Å²) in [4.78, 5) is 28.3. The Balaban J connectivity index is 1.61.